The van der Waals surface area contributed by atoms with E-state index >= 15 is 0 Å². The third kappa shape index (κ3) is 4.47. The lowest BCUT2D eigenvalue weighted by Gasteiger charge is -2.08. The Balaban J connectivity index is 2.16. The highest BCUT2D eigenvalue weighted by Crippen LogP contribution is 2.10. The molecular weight excluding hydrogens is 335 g/mol. The summed E-state index contributed by atoms with van der Waals surface area (Å²) in [5.41, 5.74) is 3.62. The molecule has 130 valence electrons. The number of carbonyl (C=O) groups excluding carboxylic acids is 2. The molecule has 9 nitrogen and oxygen atoms in total. The maximum absolute atomic E-state index is 12.8. The monoisotopic (exact) mass is 348 g/mol. The molecule has 1 heterocycles. The summed E-state index contributed by atoms with van der Waals surface area (Å²) in [6.45, 7) is -0.465. The normalized spacial score (nSPS) is 10.3. The zero-order valence-electron chi connectivity index (χ0n) is 12.8. The van der Waals surface area contributed by atoms with Gasteiger partial charge in [0.2, 0.25) is 5.91 Å². The number of nitrogens with zero attached hydrogens (tertiary/aromatic N) is 2. The van der Waals surface area contributed by atoms with Gasteiger partial charge in [-0.3, -0.25) is 29.1 Å². The largest absolute Gasteiger partial charge is 0.365 e. The molecule has 25 heavy (non-hydrogen) atoms. The molecule has 0 saturated carbocycles. The van der Waals surface area contributed by atoms with Crippen LogP contribution in [0.1, 0.15) is 15.9 Å². The molecule has 0 radical (unpaired) electrons. The van der Waals surface area contributed by atoms with Crippen LogP contribution in [0.2, 0.25) is 0 Å². The molecule has 0 atom stereocenters. The average molecular weight is 348 g/mol. The Morgan fingerprint density at radius 2 is 1.92 bits per heavy atom. The fraction of sp³-hybridized carbons (Fsp3) is 0.133. The Hall–Kier alpha value is -3.56. The summed E-state index contributed by atoms with van der Waals surface area (Å²) >= 11 is 0. The molecule has 3 N–H and O–H groups in total. The molecule has 2 amide bonds. The second-order valence-electron chi connectivity index (χ2n) is 5.07. The van der Waals surface area contributed by atoms with E-state index in [1.54, 1.807) is 0 Å². The van der Waals surface area contributed by atoms with Crippen molar-refractivity contribution in [2.45, 2.75) is 13.1 Å². The van der Waals surface area contributed by atoms with Gasteiger partial charge in [0.1, 0.15) is 17.9 Å². The first-order chi connectivity index (χ1) is 11.8. The Labute approximate surface area is 140 Å². The molecule has 2 rings (SSSR count). The molecule has 0 spiro atoms. The van der Waals surface area contributed by atoms with E-state index in [-0.39, 0.29) is 6.54 Å². The third-order valence-corrected chi connectivity index (χ3v) is 3.26. The zero-order valence-corrected chi connectivity index (χ0v) is 12.8. The first-order valence-corrected chi connectivity index (χ1v) is 6.97. The van der Waals surface area contributed by atoms with Crippen LogP contribution >= 0.6 is 0 Å². The topological polar surface area (TPSA) is 137 Å². The van der Waals surface area contributed by atoms with Crippen molar-refractivity contribution in [2.75, 3.05) is 0 Å². The van der Waals surface area contributed by atoms with Crippen molar-refractivity contribution in [1.82, 2.24) is 9.88 Å². The number of nitro groups is 1. The summed E-state index contributed by atoms with van der Waals surface area (Å²) in [5.74, 6) is -2.17. The van der Waals surface area contributed by atoms with Crippen molar-refractivity contribution in [3.05, 3.63) is 73.9 Å². The van der Waals surface area contributed by atoms with Gasteiger partial charge in [0, 0.05) is 12.6 Å². The van der Waals surface area contributed by atoms with Gasteiger partial charge in [-0.15, -0.1) is 0 Å². The maximum Gasteiger partial charge on any atom is 0.286 e. The van der Waals surface area contributed by atoms with Gasteiger partial charge in [-0.25, -0.2) is 4.39 Å². The van der Waals surface area contributed by atoms with E-state index in [9.17, 15) is 28.9 Å². The van der Waals surface area contributed by atoms with Crippen LogP contribution in [0, 0.1) is 15.9 Å². The second-order valence-corrected chi connectivity index (χ2v) is 5.07. The lowest BCUT2D eigenvalue weighted by molar-refractivity contribution is -0.385. The van der Waals surface area contributed by atoms with Crippen LogP contribution in [0.15, 0.2) is 41.3 Å². The van der Waals surface area contributed by atoms with Crippen molar-refractivity contribution in [1.29, 1.82) is 0 Å². The Morgan fingerprint density at radius 3 is 2.48 bits per heavy atom. The number of benzene rings is 1. The van der Waals surface area contributed by atoms with Crippen molar-refractivity contribution in [2.24, 2.45) is 5.73 Å². The van der Waals surface area contributed by atoms with Gasteiger partial charge in [-0.05, 0) is 17.7 Å². The Bertz CT molecular complexity index is 892. The van der Waals surface area contributed by atoms with E-state index in [2.05, 4.69) is 5.32 Å². The van der Waals surface area contributed by atoms with Gasteiger partial charge >= 0.3 is 0 Å². The van der Waals surface area contributed by atoms with Crippen molar-refractivity contribution < 1.29 is 18.9 Å². The quantitative estimate of drug-likeness (QED) is 0.572. The number of hydrogen-bond donors (Lipinski definition) is 2. The van der Waals surface area contributed by atoms with Gasteiger partial charge < -0.3 is 11.1 Å². The minimum absolute atomic E-state index is 0.0749. The van der Waals surface area contributed by atoms with Crippen LogP contribution in [-0.4, -0.2) is 21.3 Å². The molecule has 1 aromatic heterocycles. The minimum Gasteiger partial charge on any atom is -0.365 e. The molecule has 1 aromatic carbocycles. The summed E-state index contributed by atoms with van der Waals surface area (Å²) < 4.78 is 13.5. The van der Waals surface area contributed by atoms with Gasteiger partial charge in [0.15, 0.2) is 0 Å². The highest BCUT2D eigenvalue weighted by molar-refractivity contribution is 5.93. The molecule has 0 saturated heterocycles. The number of carbonyl (C=O) groups is 2. The van der Waals surface area contributed by atoms with Crippen LogP contribution in [0.4, 0.5) is 10.1 Å². The number of amides is 2. The summed E-state index contributed by atoms with van der Waals surface area (Å²) in [6.07, 6.45) is 0.853. The van der Waals surface area contributed by atoms with Gasteiger partial charge in [-0.1, -0.05) is 12.1 Å². The standard InChI is InChI=1S/C15H13FN4O5/c16-10-3-1-9(2-4-10)6-18-13(21)8-19-7-11(20(24)25)5-12(14(17)22)15(19)23/h1-5,7H,6,8H2,(H2,17,22)(H,18,21). The molecule has 2 aromatic rings. The smallest absolute Gasteiger partial charge is 0.286 e. The number of aromatic nitrogens is 1. The SMILES string of the molecule is NC(=O)c1cc([N+](=O)[O-])cn(CC(=O)NCc2ccc(F)cc2)c1=O. The van der Waals surface area contributed by atoms with E-state index in [0.29, 0.717) is 5.56 Å². The van der Waals surface area contributed by atoms with Crippen LogP contribution in [0.3, 0.4) is 0 Å². The predicted octanol–water partition coefficient (Wildman–Crippen LogP) is 0.311. The summed E-state index contributed by atoms with van der Waals surface area (Å²) in [6, 6.07) is 6.16. The molecule has 10 heteroatoms. The predicted molar refractivity (Wildman–Crippen MR) is 84.1 cm³/mol. The molecular formula is C15H13FN4O5. The van der Waals surface area contributed by atoms with E-state index in [1.807, 2.05) is 0 Å². The first kappa shape index (κ1) is 17.8. The number of primary amides is 1. The summed E-state index contributed by atoms with van der Waals surface area (Å²) in [7, 11) is 0. The molecule has 0 aliphatic heterocycles. The summed E-state index contributed by atoms with van der Waals surface area (Å²) in [4.78, 5) is 45.3. The van der Waals surface area contributed by atoms with E-state index < -0.39 is 45.9 Å². The van der Waals surface area contributed by atoms with Crippen LogP contribution in [0.5, 0.6) is 0 Å². The highest BCUT2D eigenvalue weighted by atomic mass is 19.1. The minimum atomic E-state index is -1.13. The Kier molecular flexibility index (Phi) is 5.22. The summed E-state index contributed by atoms with van der Waals surface area (Å²) in [5, 5.41) is 13.4. The van der Waals surface area contributed by atoms with Gasteiger partial charge in [0.25, 0.3) is 17.2 Å². The lowest BCUT2D eigenvalue weighted by atomic mass is 10.2. The molecule has 0 aliphatic rings. The number of nitrogens with one attached hydrogen (secondary N) is 1. The zero-order chi connectivity index (χ0) is 18.6. The first-order valence-electron chi connectivity index (χ1n) is 6.97. The number of halogens is 1. The van der Waals surface area contributed by atoms with Gasteiger partial charge in [-0.2, -0.15) is 0 Å². The van der Waals surface area contributed by atoms with Crippen LogP contribution < -0.4 is 16.6 Å². The number of rotatable bonds is 6. The number of hydrogen-bond acceptors (Lipinski definition) is 5. The molecule has 0 fully saturated rings. The molecule has 0 aliphatic carbocycles. The van der Waals surface area contributed by atoms with E-state index in [4.69, 9.17) is 5.73 Å². The van der Waals surface area contributed by atoms with Crippen molar-refractivity contribution in [3.63, 3.8) is 0 Å². The van der Waals surface area contributed by atoms with Crippen molar-refractivity contribution >= 4 is 17.5 Å². The third-order valence-electron chi connectivity index (χ3n) is 3.26. The van der Waals surface area contributed by atoms with Crippen molar-refractivity contribution in [3.8, 4) is 0 Å². The second kappa shape index (κ2) is 7.34. The average Bonchev–Trinajstić information content (AvgIpc) is 2.55. The van der Waals surface area contributed by atoms with Gasteiger partial charge in [0.05, 0.1) is 11.1 Å². The fourth-order valence-electron chi connectivity index (χ4n) is 2.03. The van der Waals surface area contributed by atoms with Crippen LogP contribution in [-0.2, 0) is 17.9 Å². The lowest BCUT2D eigenvalue weighted by Crippen LogP contribution is -2.35. The molecule has 0 bridgehead atoms. The van der Waals surface area contributed by atoms with E-state index in [1.165, 1.54) is 24.3 Å². The van der Waals surface area contributed by atoms with Crippen LogP contribution in [0.25, 0.3) is 0 Å². The molecule has 0 unspecified atom stereocenters. The number of pyridine rings is 1. The maximum atomic E-state index is 12.8. The number of nitrogens with two attached hydrogens (primary N) is 1. The Morgan fingerprint density at radius 1 is 1.28 bits per heavy atom. The highest BCUT2D eigenvalue weighted by Gasteiger charge is 2.18. The van der Waals surface area contributed by atoms with E-state index in [0.717, 1.165) is 16.8 Å². The fourth-order valence-corrected chi connectivity index (χ4v) is 2.03.